The summed E-state index contributed by atoms with van der Waals surface area (Å²) in [5.74, 6) is 8.16. The molecule has 0 heterocycles. The molecule has 126 valence electrons. The maximum atomic E-state index is 4.82. The summed E-state index contributed by atoms with van der Waals surface area (Å²) < 4.78 is 0. The first-order valence-corrected chi connectivity index (χ1v) is 11.8. The first kappa shape index (κ1) is 14.9. The van der Waals surface area contributed by atoms with Crippen molar-refractivity contribution in [1.29, 1.82) is 0 Å². The second-order valence-electron chi connectivity index (χ2n) is 9.56. The molecule has 6 aliphatic rings. The minimum absolute atomic E-state index is 0.723. The van der Waals surface area contributed by atoms with Gasteiger partial charge in [-0.05, 0) is 97.2 Å². The van der Waals surface area contributed by atoms with Gasteiger partial charge >= 0.3 is 0 Å². The van der Waals surface area contributed by atoms with E-state index in [2.05, 4.69) is 30.5 Å². The van der Waals surface area contributed by atoms with Crippen molar-refractivity contribution in [3.05, 3.63) is 11.0 Å². The summed E-state index contributed by atoms with van der Waals surface area (Å²) in [7, 11) is 0. The lowest BCUT2D eigenvalue weighted by Crippen LogP contribution is -2.32. The van der Waals surface area contributed by atoms with E-state index in [1.54, 1.807) is 12.8 Å². The van der Waals surface area contributed by atoms with Gasteiger partial charge in [-0.3, -0.25) is 0 Å². The predicted octanol–water partition coefficient (Wildman–Crippen LogP) is 5.31. The molecule has 11 atom stereocenters. The molecule has 11 unspecified atom stereocenters. The fourth-order valence-electron chi connectivity index (χ4n) is 8.07. The molecule has 0 aromatic rings. The van der Waals surface area contributed by atoms with Crippen LogP contribution in [0.25, 0.3) is 0 Å². The van der Waals surface area contributed by atoms with Gasteiger partial charge in [0.25, 0.3) is 0 Å². The van der Waals surface area contributed by atoms with Crippen molar-refractivity contribution < 1.29 is 0 Å². The monoisotopic (exact) mass is 364 g/mol. The standard InChI is InChI=1S/C20H28S3/c21-11-5-13-9-1-17(15(13)7-11)19(3-9)23-20-4-10-2-18(20)16-8-12(22)6-14(10)16/h5,9-10,12-22H,1-4,6-8H2. The normalized spacial score (nSPS) is 62.0. The van der Waals surface area contributed by atoms with Crippen molar-refractivity contribution in [3.63, 3.8) is 0 Å². The molecule has 5 saturated carbocycles. The summed E-state index contributed by atoms with van der Waals surface area (Å²) in [5, 5.41) is 2.72. The van der Waals surface area contributed by atoms with Gasteiger partial charge in [0, 0.05) is 15.7 Å². The van der Waals surface area contributed by atoms with Gasteiger partial charge in [-0.1, -0.05) is 6.08 Å². The lowest BCUT2D eigenvalue weighted by Gasteiger charge is -2.37. The zero-order valence-electron chi connectivity index (χ0n) is 13.7. The fourth-order valence-corrected chi connectivity index (χ4v) is 11.1. The molecule has 0 N–H and O–H groups in total. The highest BCUT2D eigenvalue weighted by Crippen LogP contribution is 2.66. The number of hydrogen-bond donors (Lipinski definition) is 2. The minimum Gasteiger partial charge on any atom is -0.176 e. The molecule has 0 radical (unpaired) electrons. The van der Waals surface area contributed by atoms with Gasteiger partial charge in [0.1, 0.15) is 0 Å². The van der Waals surface area contributed by atoms with Crippen LogP contribution in [0.1, 0.15) is 44.9 Å². The van der Waals surface area contributed by atoms with Crippen LogP contribution in [0.2, 0.25) is 0 Å². The highest BCUT2D eigenvalue weighted by molar-refractivity contribution is 8.00. The maximum absolute atomic E-state index is 4.82. The van der Waals surface area contributed by atoms with E-state index in [9.17, 15) is 0 Å². The number of allylic oxidation sites excluding steroid dienone is 2. The number of hydrogen-bond acceptors (Lipinski definition) is 3. The van der Waals surface area contributed by atoms with Crippen molar-refractivity contribution in [1.82, 2.24) is 0 Å². The molecule has 0 aromatic carbocycles. The van der Waals surface area contributed by atoms with Crippen LogP contribution in [0.3, 0.4) is 0 Å². The van der Waals surface area contributed by atoms with E-state index in [0.29, 0.717) is 0 Å². The van der Waals surface area contributed by atoms with Gasteiger partial charge in [0.15, 0.2) is 0 Å². The van der Waals surface area contributed by atoms with Crippen molar-refractivity contribution in [2.75, 3.05) is 0 Å². The molecule has 0 amide bonds. The maximum Gasteiger partial charge on any atom is 0.00841 e. The third-order valence-electron chi connectivity index (χ3n) is 8.74. The van der Waals surface area contributed by atoms with Crippen molar-refractivity contribution >= 4 is 37.0 Å². The first-order valence-electron chi connectivity index (χ1n) is 9.90. The third-order valence-corrected chi connectivity index (χ3v) is 11.3. The van der Waals surface area contributed by atoms with E-state index in [1.165, 1.54) is 37.0 Å². The Morgan fingerprint density at radius 2 is 1.48 bits per heavy atom. The van der Waals surface area contributed by atoms with Crippen LogP contribution >= 0.6 is 37.0 Å². The Hall–Kier alpha value is 0.790. The van der Waals surface area contributed by atoms with Crippen molar-refractivity contribution in [2.45, 2.75) is 60.7 Å². The molecule has 23 heavy (non-hydrogen) atoms. The van der Waals surface area contributed by atoms with Crippen molar-refractivity contribution in [3.8, 4) is 0 Å². The predicted molar refractivity (Wildman–Crippen MR) is 105 cm³/mol. The lowest BCUT2D eigenvalue weighted by molar-refractivity contribution is 0.262. The van der Waals surface area contributed by atoms with Crippen LogP contribution in [0, 0.1) is 47.3 Å². The Morgan fingerprint density at radius 3 is 2.35 bits per heavy atom. The number of thioether (sulfide) groups is 1. The Kier molecular flexibility index (Phi) is 3.34. The number of thiol groups is 2. The van der Waals surface area contributed by atoms with Crippen LogP contribution in [-0.2, 0) is 0 Å². The topological polar surface area (TPSA) is 0 Å². The fraction of sp³-hybridized carbons (Fsp3) is 0.900. The first-order chi connectivity index (χ1) is 11.2. The molecule has 0 spiro atoms. The third kappa shape index (κ3) is 2.08. The number of fused-ring (bicyclic) bond motifs is 10. The van der Waals surface area contributed by atoms with E-state index in [4.69, 9.17) is 12.6 Å². The Balaban J connectivity index is 1.16. The van der Waals surface area contributed by atoms with Gasteiger partial charge in [-0.25, -0.2) is 0 Å². The summed E-state index contributed by atoms with van der Waals surface area (Å²) in [5.41, 5.74) is 0. The summed E-state index contributed by atoms with van der Waals surface area (Å²) in [6.45, 7) is 0. The Bertz CT molecular complexity index is 553. The molecule has 4 bridgehead atoms. The van der Waals surface area contributed by atoms with Crippen LogP contribution in [0.15, 0.2) is 11.0 Å². The zero-order chi connectivity index (χ0) is 15.3. The number of rotatable bonds is 2. The lowest BCUT2D eigenvalue weighted by atomic mass is 9.81. The molecule has 0 saturated heterocycles. The summed E-state index contributed by atoms with van der Waals surface area (Å²) in [6, 6.07) is 0. The molecule has 3 heteroatoms. The average molecular weight is 365 g/mol. The van der Waals surface area contributed by atoms with Gasteiger partial charge in [-0.15, -0.1) is 12.6 Å². The smallest absolute Gasteiger partial charge is 0.00841 e. The summed E-state index contributed by atoms with van der Waals surface area (Å²) in [4.78, 5) is 1.40. The van der Waals surface area contributed by atoms with Crippen molar-refractivity contribution in [2.24, 2.45) is 47.3 Å². The molecule has 6 rings (SSSR count). The second-order valence-corrected chi connectivity index (χ2v) is 12.3. The largest absolute Gasteiger partial charge is 0.176 e. The van der Waals surface area contributed by atoms with Gasteiger partial charge in [-0.2, -0.15) is 24.4 Å². The Labute approximate surface area is 155 Å². The molecular formula is C20H28S3. The highest BCUT2D eigenvalue weighted by atomic mass is 32.2. The minimum atomic E-state index is 0.723. The van der Waals surface area contributed by atoms with Crippen LogP contribution in [0.5, 0.6) is 0 Å². The quantitative estimate of drug-likeness (QED) is 0.626. The summed E-state index contributed by atoms with van der Waals surface area (Å²) >= 11 is 12.0. The average Bonchev–Trinajstić information content (AvgIpc) is 3.24. The molecule has 0 aromatic heterocycles. The molecule has 0 nitrogen and oxygen atoms in total. The second kappa shape index (κ2) is 5.16. The van der Waals surface area contributed by atoms with E-state index < -0.39 is 0 Å². The zero-order valence-corrected chi connectivity index (χ0v) is 16.3. The molecule has 6 aliphatic carbocycles. The van der Waals surface area contributed by atoms with Gasteiger partial charge in [0.05, 0.1) is 0 Å². The van der Waals surface area contributed by atoms with E-state index >= 15 is 0 Å². The SMILES string of the molecule is SC1=CC2C3CC(SC4CC5CC4C4CC(S)CC54)C(C3)C2C1. The van der Waals surface area contributed by atoms with E-state index in [1.807, 2.05) is 0 Å². The molecule has 5 fully saturated rings. The summed E-state index contributed by atoms with van der Waals surface area (Å²) in [6.07, 6.45) is 12.9. The highest BCUT2D eigenvalue weighted by Gasteiger charge is 2.58. The van der Waals surface area contributed by atoms with E-state index in [0.717, 1.165) is 63.1 Å². The van der Waals surface area contributed by atoms with E-state index in [-0.39, 0.29) is 0 Å². The Morgan fingerprint density at radius 1 is 0.783 bits per heavy atom. The molecular weight excluding hydrogens is 336 g/mol. The van der Waals surface area contributed by atoms with Crippen LogP contribution < -0.4 is 0 Å². The molecule has 0 aliphatic heterocycles. The van der Waals surface area contributed by atoms with Crippen LogP contribution in [0.4, 0.5) is 0 Å². The van der Waals surface area contributed by atoms with Gasteiger partial charge < -0.3 is 0 Å². The van der Waals surface area contributed by atoms with Gasteiger partial charge in [0.2, 0.25) is 0 Å². The van der Waals surface area contributed by atoms with Crippen LogP contribution in [-0.4, -0.2) is 15.7 Å².